The number of carbonyl (C=O) groups is 2. The Morgan fingerprint density at radius 1 is 0.967 bits per heavy atom. The fourth-order valence-corrected chi connectivity index (χ4v) is 3.95. The molecule has 1 fully saturated rings. The molecule has 2 amide bonds. The van der Waals surface area contributed by atoms with Crippen molar-refractivity contribution in [2.24, 2.45) is 0 Å². The Labute approximate surface area is 179 Å². The van der Waals surface area contributed by atoms with Gasteiger partial charge in [0.2, 0.25) is 5.91 Å². The second kappa shape index (κ2) is 10.3. The minimum absolute atomic E-state index is 0.0264. The number of carbonyl (C=O) groups excluding carboxylic acids is 2. The third kappa shape index (κ3) is 5.62. The predicted octanol–water partition coefficient (Wildman–Crippen LogP) is 4.19. The van der Waals surface area contributed by atoms with E-state index in [9.17, 15) is 9.59 Å². The Morgan fingerprint density at radius 2 is 1.60 bits per heavy atom. The first-order valence-electron chi connectivity index (χ1n) is 10.8. The predicted molar refractivity (Wildman–Crippen MR) is 119 cm³/mol. The zero-order chi connectivity index (χ0) is 21.5. The molecule has 0 saturated carbocycles. The molecule has 160 valence electrons. The van der Waals surface area contributed by atoms with Crippen LogP contribution in [0.2, 0.25) is 0 Å². The molecule has 1 saturated heterocycles. The topological polar surface area (TPSA) is 58.6 Å². The van der Waals surface area contributed by atoms with Gasteiger partial charge in [0.15, 0.2) is 0 Å². The molecule has 30 heavy (non-hydrogen) atoms. The highest BCUT2D eigenvalue weighted by atomic mass is 16.5. The zero-order valence-electron chi connectivity index (χ0n) is 18.2. The number of hydrogen-bond donors (Lipinski definition) is 1. The maximum Gasteiger partial charge on any atom is 0.251 e. The van der Waals surface area contributed by atoms with Crippen molar-refractivity contribution >= 4 is 11.8 Å². The smallest absolute Gasteiger partial charge is 0.251 e. The summed E-state index contributed by atoms with van der Waals surface area (Å²) >= 11 is 0. The van der Waals surface area contributed by atoms with E-state index in [1.54, 1.807) is 0 Å². The minimum Gasteiger partial charge on any atom is -0.493 e. The van der Waals surface area contributed by atoms with Gasteiger partial charge in [-0.15, -0.1) is 0 Å². The van der Waals surface area contributed by atoms with E-state index in [4.69, 9.17) is 4.74 Å². The van der Waals surface area contributed by atoms with Crippen molar-refractivity contribution in [3.63, 3.8) is 0 Å². The largest absolute Gasteiger partial charge is 0.493 e. The lowest BCUT2D eigenvalue weighted by Gasteiger charge is -2.32. The van der Waals surface area contributed by atoms with Gasteiger partial charge >= 0.3 is 0 Å². The Kier molecular flexibility index (Phi) is 7.50. The number of piperidine rings is 1. The molecular weight excluding hydrogens is 376 g/mol. The highest BCUT2D eigenvalue weighted by Gasteiger charge is 2.24. The van der Waals surface area contributed by atoms with Gasteiger partial charge in [-0.1, -0.05) is 36.4 Å². The van der Waals surface area contributed by atoms with Crippen molar-refractivity contribution in [1.82, 2.24) is 10.2 Å². The van der Waals surface area contributed by atoms with Crippen molar-refractivity contribution in [3.8, 4) is 5.75 Å². The van der Waals surface area contributed by atoms with Crippen LogP contribution >= 0.6 is 0 Å². The first-order valence-corrected chi connectivity index (χ1v) is 10.8. The van der Waals surface area contributed by atoms with Gasteiger partial charge in [-0.05, 0) is 62.8 Å². The zero-order valence-corrected chi connectivity index (χ0v) is 18.2. The minimum atomic E-state index is -0.0264. The van der Waals surface area contributed by atoms with Crippen LogP contribution in [0.15, 0.2) is 42.5 Å². The molecule has 0 aromatic heterocycles. The van der Waals surface area contributed by atoms with Gasteiger partial charge in [-0.3, -0.25) is 9.59 Å². The molecular formula is C25H32N2O3. The monoisotopic (exact) mass is 408 g/mol. The molecule has 5 nitrogen and oxygen atoms in total. The SMILES string of the molecule is Cc1ccccc1C(=O)NC1CCN(C(=O)CCCOc2c(C)cccc2C)CC1. The van der Waals surface area contributed by atoms with Crippen LogP contribution in [0, 0.1) is 20.8 Å². The van der Waals surface area contributed by atoms with Gasteiger partial charge in [-0.25, -0.2) is 0 Å². The Bertz CT molecular complexity index is 865. The van der Waals surface area contributed by atoms with E-state index in [0.717, 1.165) is 40.8 Å². The van der Waals surface area contributed by atoms with Gasteiger partial charge in [0, 0.05) is 31.1 Å². The van der Waals surface area contributed by atoms with E-state index in [1.807, 2.05) is 68.1 Å². The van der Waals surface area contributed by atoms with Crippen molar-refractivity contribution in [2.45, 2.75) is 52.5 Å². The lowest BCUT2D eigenvalue weighted by atomic mass is 10.0. The molecule has 3 rings (SSSR count). The second-order valence-corrected chi connectivity index (χ2v) is 8.12. The van der Waals surface area contributed by atoms with Crippen LogP contribution in [0.1, 0.15) is 52.7 Å². The number of amides is 2. The van der Waals surface area contributed by atoms with E-state index in [1.165, 1.54) is 0 Å². The Morgan fingerprint density at radius 3 is 2.27 bits per heavy atom. The average molecular weight is 409 g/mol. The molecule has 2 aromatic rings. The van der Waals surface area contributed by atoms with Crippen LogP contribution in [-0.4, -0.2) is 42.5 Å². The van der Waals surface area contributed by atoms with E-state index >= 15 is 0 Å². The van der Waals surface area contributed by atoms with Crippen LogP contribution in [0.5, 0.6) is 5.75 Å². The molecule has 5 heteroatoms. The van der Waals surface area contributed by atoms with Crippen LogP contribution in [0.25, 0.3) is 0 Å². The molecule has 2 aromatic carbocycles. The van der Waals surface area contributed by atoms with Gasteiger partial charge in [-0.2, -0.15) is 0 Å². The van der Waals surface area contributed by atoms with Crippen molar-refractivity contribution in [1.29, 1.82) is 0 Å². The fourth-order valence-electron chi connectivity index (χ4n) is 3.95. The molecule has 0 bridgehead atoms. The first-order chi connectivity index (χ1) is 14.5. The lowest BCUT2D eigenvalue weighted by molar-refractivity contribution is -0.132. The first kappa shape index (κ1) is 21.9. The quantitative estimate of drug-likeness (QED) is 0.699. The van der Waals surface area contributed by atoms with Crippen LogP contribution < -0.4 is 10.1 Å². The van der Waals surface area contributed by atoms with Crippen molar-refractivity contribution < 1.29 is 14.3 Å². The summed E-state index contributed by atoms with van der Waals surface area (Å²) in [5.41, 5.74) is 3.94. The summed E-state index contributed by atoms with van der Waals surface area (Å²) < 4.78 is 5.90. The molecule has 0 radical (unpaired) electrons. The number of benzene rings is 2. The third-order valence-corrected chi connectivity index (χ3v) is 5.76. The number of likely N-dealkylation sites (tertiary alicyclic amines) is 1. The summed E-state index contributed by atoms with van der Waals surface area (Å²) in [5, 5.41) is 3.12. The van der Waals surface area contributed by atoms with Crippen LogP contribution in [0.3, 0.4) is 0 Å². The van der Waals surface area contributed by atoms with E-state index in [2.05, 4.69) is 5.32 Å². The lowest BCUT2D eigenvalue weighted by Crippen LogP contribution is -2.46. The molecule has 0 atom stereocenters. The number of para-hydroxylation sites is 1. The van der Waals surface area contributed by atoms with E-state index < -0.39 is 0 Å². The van der Waals surface area contributed by atoms with Crippen molar-refractivity contribution in [3.05, 3.63) is 64.7 Å². The summed E-state index contributed by atoms with van der Waals surface area (Å²) in [6.07, 6.45) is 2.78. The highest BCUT2D eigenvalue weighted by Crippen LogP contribution is 2.22. The van der Waals surface area contributed by atoms with Gasteiger partial charge < -0.3 is 15.0 Å². The Hall–Kier alpha value is -2.82. The summed E-state index contributed by atoms with van der Waals surface area (Å²) in [6, 6.07) is 13.8. The molecule has 0 aliphatic carbocycles. The number of hydrogen-bond acceptors (Lipinski definition) is 3. The van der Waals surface area contributed by atoms with Crippen LogP contribution in [0.4, 0.5) is 0 Å². The summed E-state index contributed by atoms with van der Waals surface area (Å²) in [4.78, 5) is 26.9. The number of rotatable bonds is 7. The molecule has 1 aliphatic heterocycles. The number of aryl methyl sites for hydroxylation is 3. The van der Waals surface area contributed by atoms with Crippen LogP contribution in [-0.2, 0) is 4.79 Å². The van der Waals surface area contributed by atoms with Crippen molar-refractivity contribution in [2.75, 3.05) is 19.7 Å². The average Bonchev–Trinajstić information content (AvgIpc) is 2.73. The molecule has 0 spiro atoms. The highest BCUT2D eigenvalue weighted by molar-refractivity contribution is 5.95. The fraction of sp³-hybridized carbons (Fsp3) is 0.440. The number of nitrogens with zero attached hydrogens (tertiary/aromatic N) is 1. The molecule has 0 unspecified atom stereocenters. The standard InChI is InChI=1S/C25H32N2O3/c1-18-8-4-5-11-22(18)25(29)26-21-13-15-27(16-14-21)23(28)12-7-17-30-24-19(2)9-6-10-20(24)3/h4-6,8-11,21H,7,12-17H2,1-3H3,(H,26,29). The summed E-state index contributed by atoms with van der Waals surface area (Å²) in [7, 11) is 0. The summed E-state index contributed by atoms with van der Waals surface area (Å²) in [5.74, 6) is 1.07. The maximum absolute atomic E-state index is 12.5. The maximum atomic E-state index is 12.5. The number of ether oxygens (including phenoxy) is 1. The van der Waals surface area contributed by atoms with E-state index in [0.29, 0.717) is 32.5 Å². The van der Waals surface area contributed by atoms with Gasteiger partial charge in [0.25, 0.3) is 5.91 Å². The third-order valence-electron chi connectivity index (χ3n) is 5.76. The van der Waals surface area contributed by atoms with Gasteiger partial charge in [0.1, 0.15) is 5.75 Å². The second-order valence-electron chi connectivity index (χ2n) is 8.12. The Balaban J connectivity index is 1.38. The molecule has 1 N–H and O–H groups in total. The molecule has 1 heterocycles. The molecule has 1 aliphatic rings. The van der Waals surface area contributed by atoms with E-state index in [-0.39, 0.29) is 17.9 Å². The normalized spacial score (nSPS) is 14.4. The summed E-state index contributed by atoms with van der Waals surface area (Å²) in [6.45, 7) is 7.94. The van der Waals surface area contributed by atoms with Gasteiger partial charge in [0.05, 0.1) is 6.61 Å². The number of nitrogens with one attached hydrogen (secondary N) is 1.